The number of nitrogens with two attached hydrogens (primary N) is 1. The second-order valence-corrected chi connectivity index (χ2v) is 6.02. The first kappa shape index (κ1) is 13.8. The second kappa shape index (κ2) is 5.01. The first-order chi connectivity index (χ1) is 9.95. The van der Waals surface area contributed by atoms with Crippen LogP contribution < -0.4 is 11.1 Å². The van der Waals surface area contributed by atoms with Crippen molar-refractivity contribution in [3.8, 4) is 0 Å². The highest BCUT2D eigenvalue weighted by molar-refractivity contribution is 7.22. The van der Waals surface area contributed by atoms with Crippen LogP contribution in [0.5, 0.6) is 0 Å². The number of amides is 1. The molecule has 21 heavy (non-hydrogen) atoms. The molecule has 0 aliphatic rings. The van der Waals surface area contributed by atoms with Crippen LogP contribution in [-0.2, 0) is 7.05 Å². The largest absolute Gasteiger partial charge is 0.395 e. The molecular weight excluding hydrogens is 310 g/mol. The molecule has 3 rings (SSSR count). The number of nitrogen functional groups attached to an aromatic ring is 1. The Hall–Kier alpha value is -2.12. The van der Waals surface area contributed by atoms with Crippen LogP contribution in [0.15, 0.2) is 18.2 Å². The summed E-state index contributed by atoms with van der Waals surface area (Å²) in [5.74, 6) is -0.333. The van der Waals surface area contributed by atoms with Gasteiger partial charge in [-0.2, -0.15) is 5.10 Å². The Bertz CT molecular complexity index is 854. The maximum Gasteiger partial charge on any atom is 0.277 e. The van der Waals surface area contributed by atoms with Crippen LogP contribution in [0.4, 0.5) is 10.8 Å². The van der Waals surface area contributed by atoms with Crippen LogP contribution >= 0.6 is 22.9 Å². The lowest BCUT2D eigenvalue weighted by Crippen LogP contribution is -2.17. The van der Waals surface area contributed by atoms with Gasteiger partial charge in [0.2, 0.25) is 0 Å². The number of halogens is 1. The average molecular weight is 322 g/mol. The lowest BCUT2D eigenvalue weighted by molar-refractivity contribution is 0.101. The maximum atomic E-state index is 12.3. The third kappa shape index (κ3) is 2.45. The predicted octanol–water partition coefficient (Wildman–Crippen LogP) is 2.83. The van der Waals surface area contributed by atoms with Crippen LogP contribution in [-0.4, -0.2) is 20.7 Å². The van der Waals surface area contributed by atoms with Gasteiger partial charge in [0, 0.05) is 12.1 Å². The van der Waals surface area contributed by atoms with Gasteiger partial charge >= 0.3 is 0 Å². The molecule has 1 aromatic carbocycles. The summed E-state index contributed by atoms with van der Waals surface area (Å²) in [5.41, 5.74) is 7.98. The minimum Gasteiger partial charge on any atom is -0.395 e. The van der Waals surface area contributed by atoms with Crippen molar-refractivity contribution in [3.63, 3.8) is 0 Å². The van der Waals surface area contributed by atoms with Gasteiger partial charge in [-0.1, -0.05) is 22.9 Å². The number of fused-ring (bicyclic) bond motifs is 1. The Labute approximate surface area is 129 Å². The molecule has 8 heteroatoms. The highest BCUT2D eigenvalue weighted by atomic mass is 35.5. The number of carbonyl (C=O) groups is 1. The van der Waals surface area contributed by atoms with Gasteiger partial charge in [0.1, 0.15) is 5.69 Å². The molecule has 0 aliphatic carbocycles. The van der Waals surface area contributed by atoms with Crippen molar-refractivity contribution < 1.29 is 4.79 Å². The minimum atomic E-state index is -0.333. The monoisotopic (exact) mass is 321 g/mol. The summed E-state index contributed by atoms with van der Waals surface area (Å²) in [6, 6.07) is 5.39. The molecule has 0 unspecified atom stereocenters. The van der Waals surface area contributed by atoms with Gasteiger partial charge in [-0.3, -0.25) is 14.8 Å². The fourth-order valence-corrected chi connectivity index (χ4v) is 3.19. The number of benzene rings is 1. The van der Waals surface area contributed by atoms with E-state index in [1.807, 2.05) is 12.1 Å². The topological polar surface area (TPSA) is 85.8 Å². The smallest absolute Gasteiger partial charge is 0.277 e. The quantitative estimate of drug-likeness (QED) is 0.760. The lowest BCUT2D eigenvalue weighted by Gasteiger charge is -2.02. The van der Waals surface area contributed by atoms with E-state index in [-0.39, 0.29) is 5.91 Å². The molecule has 0 bridgehead atoms. The van der Waals surface area contributed by atoms with Crippen molar-refractivity contribution in [3.05, 3.63) is 34.6 Å². The average Bonchev–Trinajstić information content (AvgIpc) is 2.90. The number of thiazole rings is 1. The van der Waals surface area contributed by atoms with Gasteiger partial charge in [-0.15, -0.1) is 0 Å². The molecule has 0 aliphatic heterocycles. The zero-order chi connectivity index (χ0) is 15.1. The van der Waals surface area contributed by atoms with Crippen molar-refractivity contribution in [1.29, 1.82) is 0 Å². The first-order valence-corrected chi connectivity index (χ1v) is 7.31. The van der Waals surface area contributed by atoms with Crippen molar-refractivity contribution in [1.82, 2.24) is 14.8 Å². The summed E-state index contributed by atoms with van der Waals surface area (Å²) >= 11 is 7.29. The minimum absolute atomic E-state index is 0.324. The molecule has 108 valence electrons. The van der Waals surface area contributed by atoms with Gasteiger partial charge in [0.25, 0.3) is 5.91 Å². The summed E-state index contributed by atoms with van der Waals surface area (Å²) < 4.78 is 2.37. The fraction of sp³-hybridized carbons (Fsp3) is 0.154. The van der Waals surface area contributed by atoms with E-state index in [0.717, 1.165) is 10.2 Å². The molecule has 2 heterocycles. The number of aromatic nitrogens is 3. The van der Waals surface area contributed by atoms with E-state index in [1.165, 1.54) is 16.0 Å². The van der Waals surface area contributed by atoms with Crippen LogP contribution in [0.25, 0.3) is 10.2 Å². The highest BCUT2D eigenvalue weighted by Crippen LogP contribution is 2.29. The van der Waals surface area contributed by atoms with Crippen LogP contribution in [0.3, 0.4) is 0 Å². The number of hydrogen-bond donors (Lipinski definition) is 2. The number of carbonyl (C=O) groups excluding carboxylic acids is 1. The molecule has 0 saturated heterocycles. The highest BCUT2D eigenvalue weighted by Gasteiger charge is 2.19. The Morgan fingerprint density at radius 3 is 2.90 bits per heavy atom. The maximum absolute atomic E-state index is 12.3. The van der Waals surface area contributed by atoms with Gasteiger partial charge in [0.05, 0.1) is 21.6 Å². The van der Waals surface area contributed by atoms with Crippen molar-refractivity contribution in [2.24, 2.45) is 7.05 Å². The van der Waals surface area contributed by atoms with E-state index in [9.17, 15) is 4.79 Å². The van der Waals surface area contributed by atoms with Crippen LogP contribution in [0.2, 0.25) is 5.02 Å². The number of rotatable bonds is 2. The molecule has 0 radical (unpaired) electrons. The Balaban J connectivity index is 1.92. The lowest BCUT2D eigenvalue weighted by atomic mass is 10.3. The van der Waals surface area contributed by atoms with Gasteiger partial charge < -0.3 is 5.73 Å². The van der Waals surface area contributed by atoms with Crippen molar-refractivity contribution >= 4 is 49.9 Å². The molecule has 6 nitrogen and oxygen atoms in total. The number of anilines is 2. The number of hydrogen-bond acceptors (Lipinski definition) is 5. The van der Waals surface area contributed by atoms with E-state index in [1.54, 1.807) is 20.0 Å². The molecular formula is C13H12ClN5OS. The molecule has 1 amide bonds. The SMILES string of the molecule is Cc1nn(C)c(C(=O)Nc2nc3ccc(Cl)cc3s2)c1N. The Kier molecular flexibility index (Phi) is 3.30. The Morgan fingerprint density at radius 2 is 2.24 bits per heavy atom. The third-order valence-corrected chi connectivity index (χ3v) is 4.22. The van der Waals surface area contributed by atoms with E-state index < -0.39 is 0 Å². The van der Waals surface area contributed by atoms with E-state index in [0.29, 0.717) is 27.2 Å². The molecule has 0 saturated carbocycles. The van der Waals surface area contributed by atoms with Gasteiger partial charge in [0.15, 0.2) is 5.13 Å². The molecule has 0 atom stereocenters. The number of aryl methyl sites for hydroxylation is 2. The van der Waals surface area contributed by atoms with Crippen LogP contribution in [0.1, 0.15) is 16.2 Å². The third-order valence-electron chi connectivity index (χ3n) is 3.05. The molecule has 0 spiro atoms. The van der Waals surface area contributed by atoms with E-state index in [2.05, 4.69) is 15.4 Å². The normalized spacial score (nSPS) is 11.0. The first-order valence-electron chi connectivity index (χ1n) is 6.12. The Morgan fingerprint density at radius 1 is 1.48 bits per heavy atom. The van der Waals surface area contributed by atoms with E-state index in [4.69, 9.17) is 17.3 Å². The van der Waals surface area contributed by atoms with Crippen LogP contribution in [0, 0.1) is 6.92 Å². The predicted molar refractivity (Wildman–Crippen MR) is 84.9 cm³/mol. The van der Waals surface area contributed by atoms with E-state index >= 15 is 0 Å². The summed E-state index contributed by atoms with van der Waals surface area (Å²) in [6.07, 6.45) is 0. The number of nitrogens with zero attached hydrogens (tertiary/aromatic N) is 3. The summed E-state index contributed by atoms with van der Waals surface area (Å²) in [5, 5.41) is 8.00. The van der Waals surface area contributed by atoms with Crippen molar-refractivity contribution in [2.45, 2.75) is 6.92 Å². The van der Waals surface area contributed by atoms with Gasteiger partial charge in [-0.05, 0) is 25.1 Å². The zero-order valence-corrected chi connectivity index (χ0v) is 12.9. The summed E-state index contributed by atoms with van der Waals surface area (Å²) in [6.45, 7) is 1.76. The molecule has 3 N–H and O–H groups in total. The summed E-state index contributed by atoms with van der Waals surface area (Å²) in [4.78, 5) is 16.6. The summed E-state index contributed by atoms with van der Waals surface area (Å²) in [7, 11) is 1.68. The molecule has 2 aromatic heterocycles. The zero-order valence-electron chi connectivity index (χ0n) is 11.3. The fourth-order valence-electron chi connectivity index (χ4n) is 2.05. The number of nitrogens with one attached hydrogen (secondary N) is 1. The van der Waals surface area contributed by atoms with Crippen molar-refractivity contribution in [2.75, 3.05) is 11.1 Å². The molecule has 0 fully saturated rings. The standard InChI is InChI=1S/C13H12ClN5OS/c1-6-10(15)11(19(2)18-6)12(20)17-13-16-8-4-3-7(14)5-9(8)21-13/h3-5H,15H2,1-2H3,(H,16,17,20). The van der Waals surface area contributed by atoms with Gasteiger partial charge in [-0.25, -0.2) is 4.98 Å². The molecule has 3 aromatic rings. The second-order valence-electron chi connectivity index (χ2n) is 4.56.